The summed E-state index contributed by atoms with van der Waals surface area (Å²) in [6.45, 7) is 1.24. The maximum atomic E-state index is 9.03. The minimum absolute atomic E-state index is 0.311. The first-order valence-electron chi connectivity index (χ1n) is 12.7. The molecule has 176 valence electrons. The minimum atomic E-state index is 0.311. The highest BCUT2D eigenvalue weighted by molar-refractivity contribution is 4.80. The molecule has 0 aromatic carbocycles. The molecular formula is C25H52O4. The van der Waals surface area contributed by atoms with Crippen LogP contribution in [0.15, 0.2) is 0 Å². The Bertz CT molecular complexity index is 248. The van der Waals surface area contributed by atoms with Crippen LogP contribution in [0, 0.1) is 5.41 Å². The molecule has 0 aliphatic heterocycles. The topological polar surface area (TPSA) is 80.9 Å². The number of aliphatic hydroxyl groups is 4. The average molecular weight is 417 g/mol. The predicted molar refractivity (Wildman–Crippen MR) is 123 cm³/mol. The third-order valence-electron chi connectivity index (χ3n) is 6.46. The van der Waals surface area contributed by atoms with Crippen molar-refractivity contribution in [1.29, 1.82) is 0 Å². The molecule has 0 aromatic heterocycles. The summed E-state index contributed by atoms with van der Waals surface area (Å²) in [6.07, 6.45) is 23.4. The van der Waals surface area contributed by atoms with Gasteiger partial charge in [-0.2, -0.15) is 0 Å². The Hall–Kier alpha value is -0.160. The molecule has 0 heterocycles. The number of aliphatic hydroxyl groups excluding tert-OH is 4. The molecule has 0 unspecified atom stereocenters. The summed E-state index contributed by atoms with van der Waals surface area (Å²) in [6, 6.07) is 0. The van der Waals surface area contributed by atoms with Gasteiger partial charge in [0.2, 0.25) is 0 Å². The van der Waals surface area contributed by atoms with Gasteiger partial charge in [-0.05, 0) is 56.8 Å². The van der Waals surface area contributed by atoms with Gasteiger partial charge in [-0.1, -0.05) is 77.0 Å². The van der Waals surface area contributed by atoms with Gasteiger partial charge < -0.3 is 20.4 Å². The van der Waals surface area contributed by atoms with E-state index in [9.17, 15) is 0 Å². The van der Waals surface area contributed by atoms with Crippen LogP contribution in [-0.4, -0.2) is 46.9 Å². The Morgan fingerprint density at radius 1 is 0.276 bits per heavy atom. The lowest BCUT2D eigenvalue weighted by molar-refractivity contribution is 0.169. The van der Waals surface area contributed by atoms with Crippen LogP contribution in [0.4, 0.5) is 0 Å². The van der Waals surface area contributed by atoms with Gasteiger partial charge in [-0.3, -0.25) is 0 Å². The van der Waals surface area contributed by atoms with Crippen molar-refractivity contribution in [2.75, 3.05) is 26.4 Å². The van der Waals surface area contributed by atoms with E-state index in [1.165, 1.54) is 77.0 Å². The van der Waals surface area contributed by atoms with Crippen molar-refractivity contribution >= 4 is 0 Å². The van der Waals surface area contributed by atoms with Crippen LogP contribution in [-0.2, 0) is 0 Å². The molecule has 4 N–H and O–H groups in total. The van der Waals surface area contributed by atoms with Gasteiger partial charge in [0.15, 0.2) is 0 Å². The van der Waals surface area contributed by atoms with Gasteiger partial charge in [0.25, 0.3) is 0 Å². The lowest BCUT2D eigenvalue weighted by Gasteiger charge is -2.35. The average Bonchev–Trinajstić information content (AvgIpc) is 2.73. The van der Waals surface area contributed by atoms with E-state index in [4.69, 9.17) is 20.4 Å². The Morgan fingerprint density at radius 2 is 0.483 bits per heavy atom. The largest absolute Gasteiger partial charge is 0.396 e. The summed E-state index contributed by atoms with van der Waals surface area (Å²) >= 11 is 0. The highest BCUT2D eigenvalue weighted by atomic mass is 16.3. The number of hydrogen-bond acceptors (Lipinski definition) is 4. The molecule has 0 spiro atoms. The SMILES string of the molecule is OCCCCCCC(CCCCCCO)(CCCCCCO)CCCCCCO. The van der Waals surface area contributed by atoms with Crippen LogP contribution in [0.5, 0.6) is 0 Å². The van der Waals surface area contributed by atoms with Crippen molar-refractivity contribution < 1.29 is 20.4 Å². The quantitative estimate of drug-likeness (QED) is 0.151. The molecule has 0 aliphatic rings. The summed E-state index contributed by atoms with van der Waals surface area (Å²) in [5.74, 6) is 0. The van der Waals surface area contributed by atoms with E-state index < -0.39 is 0 Å². The second-order valence-electron chi connectivity index (χ2n) is 9.05. The van der Waals surface area contributed by atoms with Crippen molar-refractivity contribution in [1.82, 2.24) is 0 Å². The zero-order valence-corrected chi connectivity index (χ0v) is 19.3. The van der Waals surface area contributed by atoms with Crippen LogP contribution in [0.1, 0.15) is 128 Å². The van der Waals surface area contributed by atoms with Crippen molar-refractivity contribution in [3.63, 3.8) is 0 Å². The first kappa shape index (κ1) is 28.8. The van der Waals surface area contributed by atoms with Crippen LogP contribution >= 0.6 is 0 Å². The van der Waals surface area contributed by atoms with Gasteiger partial charge in [0.05, 0.1) is 0 Å². The van der Waals surface area contributed by atoms with Crippen LogP contribution in [0.25, 0.3) is 0 Å². The standard InChI is InChI=1S/C25H52O4/c26-21-13-5-1-9-17-25(18-10-2-6-14-22-27,19-11-3-7-15-23-28)20-12-4-8-16-24-29/h26-29H,1-24H2. The molecule has 0 aliphatic carbocycles. The molecule has 0 rings (SSSR count). The zero-order chi connectivity index (χ0) is 21.5. The monoisotopic (exact) mass is 416 g/mol. The molecule has 29 heavy (non-hydrogen) atoms. The van der Waals surface area contributed by atoms with Gasteiger partial charge in [0, 0.05) is 26.4 Å². The Labute approximate surface area is 181 Å². The molecule has 0 atom stereocenters. The van der Waals surface area contributed by atoms with Crippen LogP contribution in [0.2, 0.25) is 0 Å². The highest BCUT2D eigenvalue weighted by Gasteiger charge is 2.28. The zero-order valence-electron chi connectivity index (χ0n) is 19.3. The molecule has 4 heteroatoms. The summed E-state index contributed by atoms with van der Waals surface area (Å²) in [5, 5.41) is 36.1. The van der Waals surface area contributed by atoms with E-state index in [1.807, 2.05) is 0 Å². The third kappa shape index (κ3) is 18.3. The molecule has 0 radical (unpaired) electrons. The van der Waals surface area contributed by atoms with E-state index in [-0.39, 0.29) is 0 Å². The second-order valence-corrected chi connectivity index (χ2v) is 9.05. The Balaban J connectivity index is 4.69. The number of unbranched alkanes of at least 4 members (excludes halogenated alkanes) is 12. The first-order chi connectivity index (χ1) is 14.2. The van der Waals surface area contributed by atoms with Crippen molar-refractivity contribution in [3.8, 4) is 0 Å². The maximum absolute atomic E-state index is 9.03. The normalized spacial score (nSPS) is 12.0. The molecular weight excluding hydrogens is 364 g/mol. The maximum Gasteiger partial charge on any atom is 0.0431 e. The van der Waals surface area contributed by atoms with E-state index in [2.05, 4.69) is 0 Å². The van der Waals surface area contributed by atoms with Crippen molar-refractivity contribution in [2.45, 2.75) is 128 Å². The van der Waals surface area contributed by atoms with E-state index in [0.29, 0.717) is 31.8 Å². The summed E-state index contributed by atoms with van der Waals surface area (Å²) in [5.41, 5.74) is 0.441. The summed E-state index contributed by atoms with van der Waals surface area (Å²) < 4.78 is 0. The Kier molecular flexibility index (Phi) is 22.4. The minimum Gasteiger partial charge on any atom is -0.396 e. The summed E-state index contributed by atoms with van der Waals surface area (Å²) in [7, 11) is 0. The van der Waals surface area contributed by atoms with E-state index >= 15 is 0 Å². The molecule has 0 saturated carbocycles. The van der Waals surface area contributed by atoms with Crippen LogP contribution in [0.3, 0.4) is 0 Å². The third-order valence-corrected chi connectivity index (χ3v) is 6.46. The second kappa shape index (κ2) is 22.5. The predicted octanol–water partition coefficient (Wildman–Crippen LogP) is 5.74. The van der Waals surface area contributed by atoms with Gasteiger partial charge >= 0.3 is 0 Å². The molecule has 0 fully saturated rings. The van der Waals surface area contributed by atoms with Gasteiger partial charge in [0.1, 0.15) is 0 Å². The number of hydrogen-bond donors (Lipinski definition) is 4. The van der Waals surface area contributed by atoms with Crippen molar-refractivity contribution in [2.24, 2.45) is 5.41 Å². The highest BCUT2D eigenvalue weighted by Crippen LogP contribution is 2.42. The molecule has 0 bridgehead atoms. The smallest absolute Gasteiger partial charge is 0.0431 e. The fraction of sp³-hybridized carbons (Fsp3) is 1.00. The van der Waals surface area contributed by atoms with Crippen LogP contribution < -0.4 is 0 Å². The lowest BCUT2D eigenvalue weighted by Crippen LogP contribution is -2.21. The fourth-order valence-electron chi connectivity index (χ4n) is 4.61. The molecule has 0 saturated heterocycles. The fourth-order valence-corrected chi connectivity index (χ4v) is 4.61. The molecule has 0 amide bonds. The van der Waals surface area contributed by atoms with Crippen molar-refractivity contribution in [3.05, 3.63) is 0 Å². The van der Waals surface area contributed by atoms with E-state index in [0.717, 1.165) is 51.4 Å². The van der Waals surface area contributed by atoms with Gasteiger partial charge in [-0.15, -0.1) is 0 Å². The Morgan fingerprint density at radius 3 is 0.690 bits per heavy atom. The number of rotatable bonds is 24. The molecule has 0 aromatic rings. The lowest BCUT2D eigenvalue weighted by atomic mass is 9.70. The van der Waals surface area contributed by atoms with Gasteiger partial charge in [-0.25, -0.2) is 0 Å². The van der Waals surface area contributed by atoms with E-state index in [1.54, 1.807) is 0 Å². The first-order valence-corrected chi connectivity index (χ1v) is 12.7. The summed E-state index contributed by atoms with van der Waals surface area (Å²) in [4.78, 5) is 0. The molecule has 4 nitrogen and oxygen atoms in total.